The molecule has 11 heteroatoms. The van der Waals surface area contributed by atoms with E-state index < -0.39 is 55.3 Å². The zero-order valence-electron chi connectivity index (χ0n) is 17.7. The molecule has 6 N–H and O–H groups in total. The molecule has 0 amide bonds. The van der Waals surface area contributed by atoms with Crippen molar-refractivity contribution in [1.82, 2.24) is 0 Å². The van der Waals surface area contributed by atoms with E-state index >= 15 is 0 Å². The second-order valence-electron chi connectivity index (χ2n) is 7.63. The lowest BCUT2D eigenvalue weighted by atomic mass is 9.99. The number of ether oxygens (including phenoxy) is 5. The molecule has 3 rings (SSSR count). The molecule has 2 aliphatic rings. The number of benzene rings is 1. The fraction of sp³-hybridized carbons (Fsp3) is 0.619. The van der Waals surface area contributed by atoms with Crippen molar-refractivity contribution in [3.05, 3.63) is 29.8 Å². The van der Waals surface area contributed by atoms with Crippen LogP contribution in [0, 0.1) is 0 Å². The van der Waals surface area contributed by atoms with Crippen molar-refractivity contribution in [1.29, 1.82) is 0 Å². The molecule has 0 radical (unpaired) electrons. The number of rotatable bonds is 7. The lowest BCUT2D eigenvalue weighted by molar-refractivity contribution is -0.307. The van der Waals surface area contributed by atoms with Crippen LogP contribution in [0.15, 0.2) is 24.3 Å². The largest absolute Gasteiger partial charge is 0.493 e. The molecule has 1 aromatic rings. The molecule has 180 valence electrons. The van der Waals surface area contributed by atoms with Gasteiger partial charge in [-0.2, -0.15) is 0 Å². The molecule has 32 heavy (non-hydrogen) atoms. The van der Waals surface area contributed by atoms with Gasteiger partial charge < -0.3 is 54.3 Å². The van der Waals surface area contributed by atoms with E-state index in [1.165, 1.54) is 7.11 Å². The minimum atomic E-state index is -1.61. The predicted octanol–water partition coefficient (Wildman–Crippen LogP) is -1.63. The molecular weight excluding hydrogens is 428 g/mol. The van der Waals surface area contributed by atoms with Crippen LogP contribution in [-0.4, -0.2) is 106 Å². The molecule has 1 aromatic carbocycles. The van der Waals surface area contributed by atoms with Gasteiger partial charge in [0.2, 0.25) is 6.29 Å². The number of methoxy groups -OCH3 is 1. The van der Waals surface area contributed by atoms with Crippen molar-refractivity contribution >= 4 is 6.08 Å². The Balaban J connectivity index is 1.68. The molecule has 9 atom stereocenters. The third-order valence-electron chi connectivity index (χ3n) is 5.34. The molecular formula is C21H30O11. The Morgan fingerprint density at radius 1 is 0.938 bits per heavy atom. The second kappa shape index (κ2) is 10.9. The molecule has 0 saturated carbocycles. The molecule has 0 spiro atoms. The number of allylic oxidation sites excluding steroid dienone is 1. The Morgan fingerprint density at radius 2 is 1.66 bits per heavy atom. The summed E-state index contributed by atoms with van der Waals surface area (Å²) in [5.74, 6) is 0.618. The quantitative estimate of drug-likeness (QED) is 0.278. The van der Waals surface area contributed by atoms with Gasteiger partial charge in [-0.1, -0.05) is 18.2 Å². The second-order valence-corrected chi connectivity index (χ2v) is 7.63. The van der Waals surface area contributed by atoms with Crippen LogP contribution in [0.2, 0.25) is 0 Å². The molecule has 0 aromatic heterocycles. The first-order valence-electron chi connectivity index (χ1n) is 10.2. The van der Waals surface area contributed by atoms with Crippen molar-refractivity contribution in [2.24, 2.45) is 0 Å². The minimum absolute atomic E-state index is 0.246. The van der Waals surface area contributed by atoms with Crippen LogP contribution in [0.3, 0.4) is 0 Å². The standard InChI is InChI=1S/C21H30O11/c1-3-4-10-5-6-12(13(7-10)28-2)31-21-19(27)17(25)16(24)14(32-21)9-30-20-18(26)15(23)11(22)8-29-20/h3-7,11,14-27H,8-9H2,1-2H3/t11-,14+,15-,16+,17-,18+,19+,20-,21+/m0/s1. The topological polar surface area (TPSA) is 168 Å². The highest BCUT2D eigenvalue weighted by atomic mass is 16.7. The normalized spacial score (nSPS) is 38.1. The van der Waals surface area contributed by atoms with Gasteiger partial charge in [0, 0.05) is 0 Å². The smallest absolute Gasteiger partial charge is 0.229 e. The lowest BCUT2D eigenvalue weighted by Gasteiger charge is -2.41. The Labute approximate surface area is 185 Å². The van der Waals surface area contributed by atoms with Gasteiger partial charge in [-0.05, 0) is 24.6 Å². The molecule has 0 bridgehead atoms. The molecule has 11 nitrogen and oxygen atoms in total. The van der Waals surface area contributed by atoms with E-state index in [-0.39, 0.29) is 19.0 Å². The molecule has 2 fully saturated rings. The van der Waals surface area contributed by atoms with Crippen LogP contribution in [0.25, 0.3) is 6.08 Å². The summed E-state index contributed by atoms with van der Waals surface area (Å²) in [4.78, 5) is 0. The Bertz CT molecular complexity index is 772. The Morgan fingerprint density at radius 3 is 2.34 bits per heavy atom. The zero-order valence-corrected chi connectivity index (χ0v) is 17.7. The maximum Gasteiger partial charge on any atom is 0.229 e. The summed E-state index contributed by atoms with van der Waals surface area (Å²) in [6.07, 6.45) is -9.05. The Hall–Kier alpha value is -1.80. The summed E-state index contributed by atoms with van der Waals surface area (Å²) in [5.41, 5.74) is 0.863. The van der Waals surface area contributed by atoms with Crippen LogP contribution in [0.5, 0.6) is 11.5 Å². The molecule has 2 heterocycles. The van der Waals surface area contributed by atoms with E-state index in [1.807, 2.05) is 19.1 Å². The maximum absolute atomic E-state index is 10.3. The molecule has 2 aliphatic heterocycles. The van der Waals surface area contributed by atoms with Gasteiger partial charge in [0.05, 0.1) is 20.3 Å². The van der Waals surface area contributed by atoms with Crippen molar-refractivity contribution in [3.63, 3.8) is 0 Å². The van der Waals surface area contributed by atoms with Gasteiger partial charge in [0.1, 0.15) is 42.7 Å². The first-order chi connectivity index (χ1) is 15.3. The number of aliphatic hydroxyl groups excluding tert-OH is 6. The number of hydrogen-bond acceptors (Lipinski definition) is 11. The third kappa shape index (κ3) is 5.39. The Kier molecular flexibility index (Phi) is 8.44. The monoisotopic (exact) mass is 458 g/mol. The van der Waals surface area contributed by atoms with E-state index in [1.54, 1.807) is 18.2 Å². The van der Waals surface area contributed by atoms with E-state index in [9.17, 15) is 30.6 Å². The summed E-state index contributed by atoms with van der Waals surface area (Å²) in [7, 11) is 1.45. The highest BCUT2D eigenvalue weighted by Gasteiger charge is 2.46. The average Bonchev–Trinajstić information content (AvgIpc) is 2.79. The fourth-order valence-corrected chi connectivity index (χ4v) is 3.47. The summed E-state index contributed by atoms with van der Waals surface area (Å²) in [6, 6.07) is 5.10. The van der Waals surface area contributed by atoms with Crippen LogP contribution < -0.4 is 9.47 Å². The SMILES string of the molecule is CC=Cc1ccc(O[C@@H]2O[C@H](CO[C@@H]3OC[C@H](O)[C@H](O)[C@H]3O)[C@@H](O)[C@H](O)[C@H]2O)c(OC)c1. The summed E-state index contributed by atoms with van der Waals surface area (Å²) < 4.78 is 27.2. The highest BCUT2D eigenvalue weighted by molar-refractivity contribution is 5.55. The van der Waals surface area contributed by atoms with E-state index in [4.69, 9.17) is 23.7 Å². The van der Waals surface area contributed by atoms with E-state index in [0.29, 0.717) is 5.75 Å². The third-order valence-corrected chi connectivity index (χ3v) is 5.34. The zero-order chi connectivity index (χ0) is 23.4. The molecule has 0 unspecified atom stereocenters. The van der Waals surface area contributed by atoms with Crippen molar-refractivity contribution in [2.45, 2.75) is 62.2 Å². The van der Waals surface area contributed by atoms with E-state index in [0.717, 1.165) is 5.56 Å². The first-order valence-corrected chi connectivity index (χ1v) is 10.2. The van der Waals surface area contributed by atoms with Crippen LogP contribution in [0.4, 0.5) is 0 Å². The minimum Gasteiger partial charge on any atom is -0.493 e. The van der Waals surface area contributed by atoms with E-state index in [2.05, 4.69) is 0 Å². The van der Waals surface area contributed by atoms with Crippen LogP contribution in [0.1, 0.15) is 12.5 Å². The highest BCUT2D eigenvalue weighted by Crippen LogP contribution is 2.32. The van der Waals surface area contributed by atoms with Crippen LogP contribution >= 0.6 is 0 Å². The van der Waals surface area contributed by atoms with Crippen LogP contribution in [-0.2, 0) is 14.2 Å². The number of hydrogen-bond donors (Lipinski definition) is 6. The fourth-order valence-electron chi connectivity index (χ4n) is 3.47. The van der Waals surface area contributed by atoms with Gasteiger partial charge in [-0.25, -0.2) is 0 Å². The number of aliphatic hydroxyl groups is 6. The van der Waals surface area contributed by atoms with Crippen molar-refractivity contribution < 1.29 is 54.3 Å². The maximum atomic E-state index is 10.3. The molecule has 0 aliphatic carbocycles. The van der Waals surface area contributed by atoms with Gasteiger partial charge in [-0.3, -0.25) is 0 Å². The van der Waals surface area contributed by atoms with Gasteiger partial charge in [-0.15, -0.1) is 0 Å². The summed E-state index contributed by atoms with van der Waals surface area (Å²) in [5, 5.41) is 60.1. The predicted molar refractivity (Wildman–Crippen MR) is 109 cm³/mol. The van der Waals surface area contributed by atoms with Crippen molar-refractivity contribution in [3.8, 4) is 11.5 Å². The van der Waals surface area contributed by atoms with Gasteiger partial charge >= 0.3 is 0 Å². The summed E-state index contributed by atoms with van der Waals surface area (Å²) >= 11 is 0. The van der Waals surface area contributed by atoms with Gasteiger partial charge in [0.15, 0.2) is 17.8 Å². The first kappa shape index (κ1) is 24.8. The van der Waals surface area contributed by atoms with Crippen molar-refractivity contribution in [2.75, 3.05) is 20.3 Å². The lowest BCUT2D eigenvalue weighted by Crippen LogP contribution is -2.61. The average molecular weight is 458 g/mol. The van der Waals surface area contributed by atoms with Gasteiger partial charge in [0.25, 0.3) is 0 Å². The molecule has 2 saturated heterocycles. The summed E-state index contributed by atoms with van der Waals surface area (Å²) in [6.45, 7) is 1.25.